The molecular weight excluding hydrogens is 142 g/mol. The van der Waals surface area contributed by atoms with E-state index in [1.54, 1.807) is 0 Å². The fraction of sp³-hybridized carbons (Fsp3) is 0.625. The molecule has 2 heteroatoms. The van der Waals surface area contributed by atoms with Gasteiger partial charge in [0.1, 0.15) is 0 Å². The van der Waals surface area contributed by atoms with Gasteiger partial charge in [0, 0.05) is 4.88 Å². The van der Waals surface area contributed by atoms with Gasteiger partial charge in [-0.3, -0.25) is 0 Å². The SMILES string of the molecule is CC1CCc2scnc2C1. The molecule has 0 saturated carbocycles. The molecule has 1 aliphatic carbocycles. The number of aromatic nitrogens is 1. The Labute approximate surface area is 65.1 Å². The Balaban J connectivity index is 2.30. The second kappa shape index (κ2) is 2.35. The highest BCUT2D eigenvalue weighted by atomic mass is 32.1. The molecule has 0 saturated heterocycles. The predicted octanol–water partition coefficient (Wildman–Crippen LogP) is 2.27. The molecule has 1 aromatic rings. The maximum Gasteiger partial charge on any atom is 0.0797 e. The Morgan fingerprint density at radius 3 is 3.50 bits per heavy atom. The van der Waals surface area contributed by atoms with Crippen molar-refractivity contribution in [3.63, 3.8) is 0 Å². The molecule has 0 N–H and O–H groups in total. The van der Waals surface area contributed by atoms with Gasteiger partial charge in [-0.2, -0.15) is 0 Å². The predicted molar refractivity (Wildman–Crippen MR) is 43.3 cm³/mol. The van der Waals surface area contributed by atoms with E-state index in [0.29, 0.717) is 0 Å². The van der Waals surface area contributed by atoms with Crippen LogP contribution in [-0.4, -0.2) is 4.98 Å². The molecule has 10 heavy (non-hydrogen) atoms. The fourth-order valence-corrected chi connectivity index (χ4v) is 2.29. The van der Waals surface area contributed by atoms with Gasteiger partial charge < -0.3 is 0 Å². The second-order valence-corrected chi connectivity index (χ2v) is 4.01. The van der Waals surface area contributed by atoms with Crippen LogP contribution in [0.2, 0.25) is 0 Å². The summed E-state index contributed by atoms with van der Waals surface area (Å²) >= 11 is 1.82. The van der Waals surface area contributed by atoms with E-state index < -0.39 is 0 Å². The van der Waals surface area contributed by atoms with E-state index >= 15 is 0 Å². The number of nitrogens with zero attached hydrogens (tertiary/aromatic N) is 1. The highest BCUT2D eigenvalue weighted by Crippen LogP contribution is 2.26. The topological polar surface area (TPSA) is 12.9 Å². The summed E-state index contributed by atoms with van der Waals surface area (Å²) in [6.45, 7) is 2.31. The van der Waals surface area contributed by atoms with Gasteiger partial charge in [-0.15, -0.1) is 11.3 Å². The summed E-state index contributed by atoms with van der Waals surface area (Å²) in [5, 5.41) is 0. The highest BCUT2D eigenvalue weighted by Gasteiger charge is 2.16. The van der Waals surface area contributed by atoms with Crippen LogP contribution in [0.15, 0.2) is 5.51 Å². The van der Waals surface area contributed by atoms with Gasteiger partial charge in [-0.05, 0) is 25.2 Å². The molecule has 0 fully saturated rings. The van der Waals surface area contributed by atoms with Crippen LogP contribution in [0.3, 0.4) is 0 Å². The largest absolute Gasteiger partial charge is 0.249 e. The Kier molecular flexibility index (Phi) is 1.49. The zero-order valence-electron chi connectivity index (χ0n) is 6.13. The molecule has 0 aromatic carbocycles. The number of rotatable bonds is 0. The minimum absolute atomic E-state index is 0.856. The average molecular weight is 153 g/mol. The van der Waals surface area contributed by atoms with Gasteiger partial charge in [0.05, 0.1) is 11.2 Å². The van der Waals surface area contributed by atoms with Crippen LogP contribution >= 0.6 is 11.3 Å². The van der Waals surface area contributed by atoms with Gasteiger partial charge in [-0.25, -0.2) is 4.98 Å². The number of fused-ring (bicyclic) bond motifs is 1. The number of thiazole rings is 1. The van der Waals surface area contributed by atoms with Gasteiger partial charge in [0.15, 0.2) is 0 Å². The highest BCUT2D eigenvalue weighted by molar-refractivity contribution is 7.09. The van der Waals surface area contributed by atoms with Gasteiger partial charge in [-0.1, -0.05) is 6.92 Å². The molecular formula is C8H11NS. The van der Waals surface area contributed by atoms with Crippen molar-refractivity contribution in [2.75, 3.05) is 0 Å². The first-order valence-electron chi connectivity index (χ1n) is 3.77. The summed E-state index contributed by atoms with van der Waals surface area (Å²) in [7, 11) is 0. The van der Waals surface area contributed by atoms with Crippen LogP contribution in [0.5, 0.6) is 0 Å². The molecule has 0 aliphatic heterocycles. The minimum atomic E-state index is 0.856. The Hall–Kier alpha value is -0.370. The standard InChI is InChI=1S/C8H11NS/c1-6-2-3-8-7(4-6)9-5-10-8/h5-6H,2-4H2,1H3. The third-order valence-electron chi connectivity index (χ3n) is 2.13. The van der Waals surface area contributed by atoms with Crippen LogP contribution in [0.4, 0.5) is 0 Å². The zero-order chi connectivity index (χ0) is 6.97. The average Bonchev–Trinajstić information content (AvgIpc) is 2.33. The lowest BCUT2D eigenvalue weighted by atomic mass is 9.93. The van der Waals surface area contributed by atoms with Crippen LogP contribution in [0.1, 0.15) is 23.9 Å². The molecule has 1 aromatic heterocycles. The summed E-state index contributed by atoms with van der Waals surface area (Å²) in [5.74, 6) is 0.856. The molecule has 54 valence electrons. The summed E-state index contributed by atoms with van der Waals surface area (Å²) in [6, 6.07) is 0. The number of hydrogen-bond donors (Lipinski definition) is 0. The van der Waals surface area contributed by atoms with E-state index in [0.717, 1.165) is 5.92 Å². The summed E-state index contributed by atoms with van der Waals surface area (Å²) in [6.07, 6.45) is 3.83. The smallest absolute Gasteiger partial charge is 0.0797 e. The van der Waals surface area contributed by atoms with Crippen LogP contribution in [0, 0.1) is 5.92 Å². The van der Waals surface area contributed by atoms with E-state index in [-0.39, 0.29) is 0 Å². The van der Waals surface area contributed by atoms with E-state index in [9.17, 15) is 0 Å². The molecule has 0 radical (unpaired) electrons. The molecule has 1 heterocycles. The molecule has 0 amide bonds. The van der Waals surface area contributed by atoms with Crippen molar-refractivity contribution >= 4 is 11.3 Å². The van der Waals surface area contributed by atoms with Gasteiger partial charge in [0.2, 0.25) is 0 Å². The number of hydrogen-bond acceptors (Lipinski definition) is 2. The fourth-order valence-electron chi connectivity index (χ4n) is 1.47. The summed E-state index contributed by atoms with van der Waals surface area (Å²) < 4.78 is 0. The third-order valence-corrected chi connectivity index (χ3v) is 3.07. The number of aryl methyl sites for hydroxylation is 1. The van der Waals surface area contributed by atoms with Crippen molar-refractivity contribution in [1.82, 2.24) is 4.98 Å². The monoisotopic (exact) mass is 153 g/mol. The van der Waals surface area contributed by atoms with E-state index in [1.807, 2.05) is 16.8 Å². The van der Waals surface area contributed by atoms with E-state index in [2.05, 4.69) is 11.9 Å². The molecule has 0 spiro atoms. The van der Waals surface area contributed by atoms with Crippen molar-refractivity contribution < 1.29 is 0 Å². The first-order chi connectivity index (χ1) is 4.86. The Morgan fingerprint density at radius 1 is 1.70 bits per heavy atom. The molecule has 1 atom stereocenters. The minimum Gasteiger partial charge on any atom is -0.249 e. The molecule has 1 nitrogen and oxygen atoms in total. The maximum atomic E-state index is 4.33. The third kappa shape index (κ3) is 0.966. The van der Waals surface area contributed by atoms with Crippen molar-refractivity contribution in [2.45, 2.75) is 26.2 Å². The molecule has 1 aliphatic rings. The summed E-state index contributed by atoms with van der Waals surface area (Å²) in [4.78, 5) is 5.85. The molecule has 1 unspecified atom stereocenters. The van der Waals surface area contributed by atoms with Gasteiger partial charge in [0.25, 0.3) is 0 Å². The quantitative estimate of drug-likeness (QED) is 0.557. The summed E-state index contributed by atoms with van der Waals surface area (Å²) in [5.41, 5.74) is 3.34. The van der Waals surface area contributed by atoms with Crippen LogP contribution in [-0.2, 0) is 12.8 Å². The van der Waals surface area contributed by atoms with Gasteiger partial charge >= 0.3 is 0 Å². The van der Waals surface area contributed by atoms with Crippen molar-refractivity contribution in [3.8, 4) is 0 Å². The van der Waals surface area contributed by atoms with Crippen LogP contribution < -0.4 is 0 Å². The van der Waals surface area contributed by atoms with Crippen molar-refractivity contribution in [1.29, 1.82) is 0 Å². The second-order valence-electron chi connectivity index (χ2n) is 3.07. The van der Waals surface area contributed by atoms with Crippen LogP contribution in [0.25, 0.3) is 0 Å². The van der Waals surface area contributed by atoms with E-state index in [1.165, 1.54) is 29.8 Å². The molecule has 2 rings (SSSR count). The first-order valence-corrected chi connectivity index (χ1v) is 4.65. The lowest BCUT2D eigenvalue weighted by Gasteiger charge is -2.15. The Bertz CT molecular complexity index is 229. The normalized spacial score (nSPS) is 24.3. The lowest BCUT2D eigenvalue weighted by Crippen LogP contribution is -2.09. The van der Waals surface area contributed by atoms with E-state index in [4.69, 9.17) is 0 Å². The lowest BCUT2D eigenvalue weighted by molar-refractivity contribution is 0.499. The van der Waals surface area contributed by atoms with Crippen molar-refractivity contribution in [3.05, 3.63) is 16.1 Å². The van der Waals surface area contributed by atoms with Crippen molar-refractivity contribution in [2.24, 2.45) is 5.92 Å². The first kappa shape index (κ1) is 6.35. The Morgan fingerprint density at radius 2 is 2.60 bits per heavy atom. The molecule has 0 bridgehead atoms. The zero-order valence-corrected chi connectivity index (χ0v) is 6.95. The maximum absolute atomic E-state index is 4.33.